The second-order valence-electron chi connectivity index (χ2n) is 7.59. The smallest absolute Gasteiger partial charge is 0.407 e. The molecule has 152 valence electrons. The van der Waals surface area contributed by atoms with Gasteiger partial charge in [0.05, 0.1) is 13.2 Å². The number of nitrogens with zero attached hydrogens (tertiary/aromatic N) is 1. The SMILES string of the molecule is COc1ccc(C(CNC(=O)CCCNC(=O)OC(C)(C)C)N(C)C)cc1. The molecule has 1 aromatic carbocycles. The molecule has 0 aromatic heterocycles. The van der Waals surface area contributed by atoms with Crippen LogP contribution in [0, 0.1) is 0 Å². The summed E-state index contributed by atoms with van der Waals surface area (Å²) in [7, 11) is 5.59. The van der Waals surface area contributed by atoms with E-state index in [-0.39, 0.29) is 11.9 Å². The maximum Gasteiger partial charge on any atom is 0.407 e. The van der Waals surface area contributed by atoms with Crippen LogP contribution >= 0.6 is 0 Å². The fraction of sp³-hybridized carbons (Fsp3) is 0.600. The van der Waals surface area contributed by atoms with Gasteiger partial charge in [-0.2, -0.15) is 0 Å². The highest BCUT2D eigenvalue weighted by Crippen LogP contribution is 2.20. The number of carbonyl (C=O) groups is 2. The standard InChI is InChI=1S/C20H33N3O4/c1-20(2,3)27-19(25)21-13-7-8-18(24)22-14-17(23(4)5)15-9-11-16(26-6)12-10-15/h9-12,17H,7-8,13-14H2,1-6H3,(H,21,25)(H,22,24). The zero-order valence-electron chi connectivity index (χ0n) is 17.3. The molecule has 1 aromatic rings. The van der Waals surface area contributed by atoms with Crippen LogP contribution in [0.15, 0.2) is 24.3 Å². The van der Waals surface area contributed by atoms with Crippen molar-refractivity contribution >= 4 is 12.0 Å². The summed E-state index contributed by atoms with van der Waals surface area (Å²) in [5.74, 6) is 0.763. The maximum atomic E-state index is 12.1. The van der Waals surface area contributed by atoms with Crippen LogP contribution in [-0.2, 0) is 9.53 Å². The predicted octanol–water partition coefficient (Wildman–Crippen LogP) is 2.72. The Morgan fingerprint density at radius 2 is 1.74 bits per heavy atom. The lowest BCUT2D eigenvalue weighted by Gasteiger charge is -2.25. The van der Waals surface area contributed by atoms with Crippen molar-refractivity contribution in [3.63, 3.8) is 0 Å². The first-order valence-electron chi connectivity index (χ1n) is 9.16. The summed E-state index contributed by atoms with van der Waals surface area (Å²) in [5, 5.41) is 5.61. The monoisotopic (exact) mass is 379 g/mol. The van der Waals surface area contributed by atoms with E-state index < -0.39 is 11.7 Å². The Morgan fingerprint density at radius 3 is 2.26 bits per heavy atom. The lowest BCUT2D eigenvalue weighted by Crippen LogP contribution is -2.35. The molecular formula is C20H33N3O4. The van der Waals surface area contributed by atoms with Gasteiger partial charge in [0.25, 0.3) is 0 Å². The molecule has 1 rings (SSSR count). The zero-order chi connectivity index (χ0) is 20.4. The van der Waals surface area contributed by atoms with Crippen LogP contribution in [0.2, 0.25) is 0 Å². The van der Waals surface area contributed by atoms with Crippen LogP contribution in [0.1, 0.15) is 45.2 Å². The largest absolute Gasteiger partial charge is 0.497 e. The lowest BCUT2D eigenvalue weighted by molar-refractivity contribution is -0.121. The van der Waals surface area contributed by atoms with Crippen LogP contribution in [-0.4, -0.2) is 56.8 Å². The van der Waals surface area contributed by atoms with Crippen molar-refractivity contribution in [3.8, 4) is 5.75 Å². The topological polar surface area (TPSA) is 79.9 Å². The van der Waals surface area contributed by atoms with Crippen LogP contribution in [0.5, 0.6) is 5.75 Å². The number of ether oxygens (including phenoxy) is 2. The minimum atomic E-state index is -0.524. The Bertz CT molecular complexity index is 594. The lowest BCUT2D eigenvalue weighted by atomic mass is 10.1. The van der Waals surface area contributed by atoms with Crippen molar-refractivity contribution < 1.29 is 19.1 Å². The molecule has 2 N–H and O–H groups in total. The van der Waals surface area contributed by atoms with Gasteiger partial charge in [0, 0.05) is 19.5 Å². The quantitative estimate of drug-likeness (QED) is 0.645. The second-order valence-corrected chi connectivity index (χ2v) is 7.59. The van der Waals surface area contributed by atoms with Crippen LogP contribution in [0.3, 0.4) is 0 Å². The molecule has 0 radical (unpaired) electrons. The van der Waals surface area contributed by atoms with E-state index in [4.69, 9.17) is 9.47 Å². The minimum absolute atomic E-state index is 0.0404. The highest BCUT2D eigenvalue weighted by Gasteiger charge is 2.17. The minimum Gasteiger partial charge on any atom is -0.497 e. The van der Waals surface area contributed by atoms with Crippen molar-refractivity contribution in [2.45, 2.75) is 45.3 Å². The summed E-state index contributed by atoms with van der Waals surface area (Å²) in [6, 6.07) is 7.90. The van der Waals surface area contributed by atoms with Gasteiger partial charge in [-0.05, 0) is 59.0 Å². The average Bonchev–Trinajstić information content (AvgIpc) is 2.57. The number of hydrogen-bond donors (Lipinski definition) is 2. The van der Waals surface area contributed by atoms with Gasteiger partial charge in [-0.3, -0.25) is 4.79 Å². The number of methoxy groups -OCH3 is 1. The Balaban J connectivity index is 2.37. The number of likely N-dealkylation sites (N-methyl/N-ethyl adjacent to an activating group) is 1. The van der Waals surface area contributed by atoms with Crippen LogP contribution in [0.25, 0.3) is 0 Å². The molecule has 0 saturated carbocycles. The Hall–Kier alpha value is -2.28. The Kier molecular flexibility index (Phi) is 9.08. The summed E-state index contributed by atoms with van der Waals surface area (Å²) in [4.78, 5) is 25.7. The molecular weight excluding hydrogens is 346 g/mol. The summed E-state index contributed by atoms with van der Waals surface area (Å²) in [6.07, 6.45) is 0.439. The van der Waals surface area contributed by atoms with E-state index in [9.17, 15) is 9.59 Å². The van der Waals surface area contributed by atoms with E-state index in [1.165, 1.54) is 0 Å². The molecule has 0 fully saturated rings. The van der Waals surface area contributed by atoms with E-state index in [0.717, 1.165) is 11.3 Å². The number of amides is 2. The third-order valence-electron chi connectivity index (χ3n) is 3.87. The van der Waals surface area contributed by atoms with Gasteiger partial charge in [0.1, 0.15) is 11.4 Å². The first-order chi connectivity index (χ1) is 12.6. The Morgan fingerprint density at radius 1 is 1.11 bits per heavy atom. The first kappa shape index (κ1) is 22.8. The molecule has 0 spiro atoms. The summed E-state index contributed by atoms with van der Waals surface area (Å²) >= 11 is 0. The molecule has 0 heterocycles. The molecule has 0 bridgehead atoms. The summed E-state index contributed by atoms with van der Waals surface area (Å²) in [6.45, 7) is 6.34. The third kappa shape index (κ3) is 9.28. The van der Waals surface area contributed by atoms with Crippen LogP contribution < -0.4 is 15.4 Å². The molecule has 0 aliphatic rings. The number of alkyl carbamates (subject to hydrolysis) is 1. The molecule has 0 saturated heterocycles. The van der Waals surface area contributed by atoms with Gasteiger partial charge in [-0.1, -0.05) is 12.1 Å². The number of carbonyl (C=O) groups excluding carboxylic acids is 2. The van der Waals surface area contributed by atoms with Crippen molar-refractivity contribution in [2.24, 2.45) is 0 Å². The summed E-state index contributed by atoms with van der Waals surface area (Å²) in [5.41, 5.74) is 0.581. The van der Waals surface area contributed by atoms with E-state index in [2.05, 4.69) is 15.5 Å². The highest BCUT2D eigenvalue weighted by molar-refractivity contribution is 5.76. The molecule has 7 heteroatoms. The second kappa shape index (κ2) is 10.8. The molecule has 0 aliphatic heterocycles. The molecule has 2 amide bonds. The van der Waals surface area contributed by atoms with Gasteiger partial charge >= 0.3 is 6.09 Å². The van der Waals surface area contributed by atoms with E-state index in [1.807, 2.05) is 59.1 Å². The third-order valence-corrected chi connectivity index (χ3v) is 3.87. The van der Waals surface area contributed by atoms with Crippen molar-refractivity contribution in [3.05, 3.63) is 29.8 Å². The van der Waals surface area contributed by atoms with E-state index >= 15 is 0 Å². The van der Waals surface area contributed by atoms with Gasteiger partial charge in [-0.25, -0.2) is 4.79 Å². The van der Waals surface area contributed by atoms with E-state index in [0.29, 0.717) is 25.9 Å². The first-order valence-corrected chi connectivity index (χ1v) is 9.16. The predicted molar refractivity (Wildman–Crippen MR) is 106 cm³/mol. The number of rotatable bonds is 9. The Labute approximate surface area is 162 Å². The van der Waals surface area contributed by atoms with Crippen LogP contribution in [0.4, 0.5) is 4.79 Å². The van der Waals surface area contributed by atoms with Gasteiger partial charge in [0.15, 0.2) is 0 Å². The number of nitrogens with one attached hydrogen (secondary N) is 2. The number of benzene rings is 1. The molecule has 7 nitrogen and oxygen atoms in total. The normalized spacial score (nSPS) is 12.4. The average molecular weight is 380 g/mol. The zero-order valence-corrected chi connectivity index (χ0v) is 17.3. The maximum absolute atomic E-state index is 12.1. The fourth-order valence-electron chi connectivity index (χ4n) is 2.48. The molecule has 0 aliphatic carbocycles. The van der Waals surface area contributed by atoms with E-state index in [1.54, 1.807) is 7.11 Å². The van der Waals surface area contributed by atoms with Crippen molar-refractivity contribution in [1.29, 1.82) is 0 Å². The molecule has 1 unspecified atom stereocenters. The van der Waals surface area contributed by atoms with Gasteiger partial charge in [-0.15, -0.1) is 0 Å². The fourth-order valence-corrected chi connectivity index (χ4v) is 2.48. The van der Waals surface area contributed by atoms with Gasteiger partial charge in [0.2, 0.25) is 5.91 Å². The van der Waals surface area contributed by atoms with Crippen molar-refractivity contribution in [2.75, 3.05) is 34.3 Å². The highest BCUT2D eigenvalue weighted by atomic mass is 16.6. The van der Waals surface area contributed by atoms with Gasteiger partial charge < -0.3 is 25.0 Å². The van der Waals surface area contributed by atoms with Crippen molar-refractivity contribution in [1.82, 2.24) is 15.5 Å². The summed E-state index contributed by atoms with van der Waals surface area (Å²) < 4.78 is 10.3. The molecule has 1 atom stereocenters. The number of hydrogen-bond acceptors (Lipinski definition) is 5. The molecule has 27 heavy (non-hydrogen) atoms.